The van der Waals surface area contributed by atoms with Crippen molar-refractivity contribution in [2.45, 2.75) is 19.3 Å². The highest BCUT2D eigenvalue weighted by molar-refractivity contribution is 9.10. The summed E-state index contributed by atoms with van der Waals surface area (Å²) in [6.45, 7) is 2.72. The van der Waals surface area contributed by atoms with Crippen molar-refractivity contribution in [3.8, 4) is 5.88 Å². The maximum Gasteiger partial charge on any atom is 0.288 e. The van der Waals surface area contributed by atoms with E-state index < -0.39 is 4.92 Å². The van der Waals surface area contributed by atoms with Crippen LogP contribution >= 0.6 is 15.9 Å². The summed E-state index contributed by atoms with van der Waals surface area (Å²) in [5, 5.41) is 13.9. The molecule has 1 aromatic rings. The maximum absolute atomic E-state index is 10.6. The van der Waals surface area contributed by atoms with E-state index in [9.17, 15) is 10.1 Å². The molecule has 2 rings (SSSR count). The normalized spacial score (nSPS) is 19.1. The Morgan fingerprint density at radius 3 is 3.11 bits per heavy atom. The zero-order valence-electron chi connectivity index (χ0n) is 10.5. The minimum absolute atomic E-state index is 0.0456. The highest BCUT2D eigenvalue weighted by atomic mass is 79.9. The molecule has 0 aliphatic carbocycles. The fourth-order valence-corrected chi connectivity index (χ4v) is 2.57. The maximum atomic E-state index is 10.6. The van der Waals surface area contributed by atoms with Crippen LogP contribution in [0.15, 0.2) is 16.7 Å². The molecule has 1 aromatic heterocycles. The molecule has 0 bridgehead atoms. The lowest BCUT2D eigenvalue weighted by Gasteiger charge is -2.22. The highest BCUT2D eigenvalue weighted by Gasteiger charge is 2.14. The second-order valence-electron chi connectivity index (χ2n) is 4.59. The van der Waals surface area contributed by atoms with E-state index in [1.165, 1.54) is 25.1 Å². The van der Waals surface area contributed by atoms with Gasteiger partial charge >= 0.3 is 0 Å². The molecule has 0 spiro atoms. The Balaban J connectivity index is 1.83. The van der Waals surface area contributed by atoms with Crippen molar-refractivity contribution in [1.29, 1.82) is 0 Å². The SMILES string of the molecule is O=[N+]([O-])c1cnc(OCCC2CCCNC2)c(Br)c1. The molecular formula is C12H16BrN3O3. The molecule has 6 nitrogen and oxygen atoms in total. The number of rotatable bonds is 5. The third-order valence-electron chi connectivity index (χ3n) is 3.17. The van der Waals surface area contributed by atoms with Crippen molar-refractivity contribution in [3.05, 3.63) is 26.9 Å². The zero-order chi connectivity index (χ0) is 13.7. The summed E-state index contributed by atoms with van der Waals surface area (Å²) in [6.07, 6.45) is 4.62. The number of hydrogen-bond donors (Lipinski definition) is 1. The lowest BCUT2D eigenvalue weighted by Crippen LogP contribution is -2.30. The molecule has 1 fully saturated rings. The molecule has 2 heterocycles. The first kappa shape index (κ1) is 14.2. The van der Waals surface area contributed by atoms with E-state index in [0.29, 0.717) is 22.9 Å². The molecule has 1 aliphatic rings. The van der Waals surface area contributed by atoms with E-state index in [-0.39, 0.29) is 5.69 Å². The number of ether oxygens (including phenoxy) is 1. The number of piperidine rings is 1. The molecule has 0 amide bonds. The number of hydrogen-bond acceptors (Lipinski definition) is 5. The van der Waals surface area contributed by atoms with Crippen LogP contribution in [0.4, 0.5) is 5.69 Å². The van der Waals surface area contributed by atoms with Gasteiger partial charge in [0.1, 0.15) is 6.20 Å². The molecule has 0 radical (unpaired) electrons. The summed E-state index contributed by atoms with van der Waals surface area (Å²) >= 11 is 3.24. The largest absolute Gasteiger partial charge is 0.477 e. The van der Waals surface area contributed by atoms with Gasteiger partial charge in [0.25, 0.3) is 5.69 Å². The van der Waals surface area contributed by atoms with Crippen LogP contribution < -0.4 is 10.1 Å². The van der Waals surface area contributed by atoms with Crippen molar-refractivity contribution < 1.29 is 9.66 Å². The third kappa shape index (κ3) is 4.14. The van der Waals surface area contributed by atoms with Crippen LogP contribution in [-0.4, -0.2) is 29.6 Å². The quantitative estimate of drug-likeness (QED) is 0.663. The first-order valence-corrected chi connectivity index (χ1v) is 7.09. The van der Waals surface area contributed by atoms with Gasteiger partial charge in [0, 0.05) is 6.07 Å². The number of nitro groups is 1. The second kappa shape index (κ2) is 6.81. The number of halogens is 1. The van der Waals surface area contributed by atoms with Gasteiger partial charge in [-0.3, -0.25) is 10.1 Å². The molecule has 1 saturated heterocycles. The molecule has 0 aromatic carbocycles. The van der Waals surface area contributed by atoms with Gasteiger partial charge in [-0.05, 0) is 54.2 Å². The monoisotopic (exact) mass is 329 g/mol. The Hall–Kier alpha value is -1.21. The summed E-state index contributed by atoms with van der Waals surface area (Å²) in [5.74, 6) is 1.06. The van der Waals surface area contributed by atoms with Crippen LogP contribution in [0.5, 0.6) is 5.88 Å². The smallest absolute Gasteiger partial charge is 0.288 e. The predicted octanol–water partition coefficient (Wildman–Crippen LogP) is 2.52. The Kier molecular flexibility index (Phi) is 5.09. The van der Waals surface area contributed by atoms with E-state index in [4.69, 9.17) is 4.74 Å². The Morgan fingerprint density at radius 2 is 2.47 bits per heavy atom. The number of pyridine rings is 1. The standard InChI is InChI=1S/C12H16BrN3O3/c13-11-6-10(16(17)18)8-15-12(11)19-5-3-9-2-1-4-14-7-9/h6,8-9,14H,1-5,7H2. The molecule has 7 heteroatoms. The molecule has 19 heavy (non-hydrogen) atoms. The van der Waals surface area contributed by atoms with Crippen LogP contribution in [0.25, 0.3) is 0 Å². The lowest BCUT2D eigenvalue weighted by atomic mass is 9.97. The van der Waals surface area contributed by atoms with Gasteiger partial charge < -0.3 is 10.1 Å². The fourth-order valence-electron chi connectivity index (χ4n) is 2.11. The van der Waals surface area contributed by atoms with Crippen LogP contribution in [0.2, 0.25) is 0 Å². The van der Waals surface area contributed by atoms with Gasteiger partial charge in [-0.2, -0.15) is 0 Å². The Morgan fingerprint density at radius 1 is 1.63 bits per heavy atom. The lowest BCUT2D eigenvalue weighted by molar-refractivity contribution is -0.385. The van der Waals surface area contributed by atoms with E-state index in [1.807, 2.05) is 0 Å². The minimum atomic E-state index is -0.477. The number of nitrogens with one attached hydrogen (secondary N) is 1. The van der Waals surface area contributed by atoms with E-state index >= 15 is 0 Å². The molecule has 104 valence electrons. The van der Waals surface area contributed by atoms with Crippen LogP contribution in [-0.2, 0) is 0 Å². The molecule has 1 unspecified atom stereocenters. The van der Waals surface area contributed by atoms with Crippen molar-refractivity contribution in [3.63, 3.8) is 0 Å². The fraction of sp³-hybridized carbons (Fsp3) is 0.583. The van der Waals surface area contributed by atoms with Gasteiger partial charge in [0.2, 0.25) is 5.88 Å². The van der Waals surface area contributed by atoms with Crippen molar-refractivity contribution in [1.82, 2.24) is 10.3 Å². The molecule has 1 atom stereocenters. The Labute approximate surface area is 119 Å². The van der Waals surface area contributed by atoms with Crippen LogP contribution in [0.3, 0.4) is 0 Å². The van der Waals surface area contributed by atoms with Crippen LogP contribution in [0, 0.1) is 16.0 Å². The second-order valence-corrected chi connectivity index (χ2v) is 5.44. The van der Waals surface area contributed by atoms with Gasteiger partial charge in [0.05, 0.1) is 16.0 Å². The minimum Gasteiger partial charge on any atom is -0.477 e. The van der Waals surface area contributed by atoms with Crippen molar-refractivity contribution >= 4 is 21.6 Å². The molecule has 1 N–H and O–H groups in total. The summed E-state index contributed by atoms with van der Waals surface area (Å²) in [4.78, 5) is 14.1. The van der Waals surface area contributed by atoms with Gasteiger partial charge in [-0.1, -0.05) is 0 Å². The third-order valence-corrected chi connectivity index (χ3v) is 3.74. The molecular weight excluding hydrogens is 314 g/mol. The summed E-state index contributed by atoms with van der Waals surface area (Å²) < 4.78 is 6.08. The Bertz CT molecular complexity index is 450. The summed E-state index contributed by atoms with van der Waals surface area (Å²) in [7, 11) is 0. The topological polar surface area (TPSA) is 77.3 Å². The van der Waals surface area contributed by atoms with E-state index in [0.717, 1.165) is 19.5 Å². The predicted molar refractivity (Wildman–Crippen MR) is 74.3 cm³/mol. The number of aromatic nitrogens is 1. The van der Waals surface area contributed by atoms with Crippen molar-refractivity contribution in [2.75, 3.05) is 19.7 Å². The molecule has 1 aliphatic heterocycles. The van der Waals surface area contributed by atoms with E-state index in [1.54, 1.807) is 0 Å². The average molecular weight is 330 g/mol. The summed E-state index contributed by atoms with van der Waals surface area (Å²) in [6, 6.07) is 1.41. The van der Waals surface area contributed by atoms with Gasteiger partial charge in [0.15, 0.2) is 0 Å². The van der Waals surface area contributed by atoms with Gasteiger partial charge in [-0.15, -0.1) is 0 Å². The number of nitrogens with zero attached hydrogens (tertiary/aromatic N) is 2. The highest BCUT2D eigenvalue weighted by Crippen LogP contribution is 2.26. The molecule has 0 saturated carbocycles. The average Bonchev–Trinajstić information content (AvgIpc) is 2.41. The zero-order valence-corrected chi connectivity index (χ0v) is 12.1. The first-order valence-electron chi connectivity index (χ1n) is 6.30. The van der Waals surface area contributed by atoms with Crippen LogP contribution in [0.1, 0.15) is 19.3 Å². The summed E-state index contributed by atoms with van der Waals surface area (Å²) in [5.41, 5.74) is -0.0456. The van der Waals surface area contributed by atoms with Gasteiger partial charge in [-0.25, -0.2) is 4.98 Å². The van der Waals surface area contributed by atoms with E-state index in [2.05, 4.69) is 26.2 Å². The first-order chi connectivity index (χ1) is 9.16. The van der Waals surface area contributed by atoms with Crippen molar-refractivity contribution in [2.24, 2.45) is 5.92 Å².